The molecule has 34 heavy (non-hydrogen) atoms. The average molecular weight is 455 g/mol. The van der Waals surface area contributed by atoms with Crippen LogP contribution in [0.3, 0.4) is 0 Å². The Hall–Kier alpha value is -3.92. The number of hydrogen-bond donors (Lipinski definition) is 4. The summed E-state index contributed by atoms with van der Waals surface area (Å²) < 4.78 is 0. The van der Waals surface area contributed by atoms with Crippen molar-refractivity contribution in [2.24, 2.45) is 0 Å². The van der Waals surface area contributed by atoms with Gasteiger partial charge in [0.05, 0.1) is 0 Å². The zero-order valence-corrected chi connectivity index (χ0v) is 20.0. The van der Waals surface area contributed by atoms with Crippen LogP contribution in [0.1, 0.15) is 44.5 Å². The van der Waals surface area contributed by atoms with E-state index in [0.717, 1.165) is 33.4 Å². The Morgan fingerprint density at radius 1 is 0.441 bits per heavy atom. The van der Waals surface area contributed by atoms with Crippen molar-refractivity contribution in [2.45, 2.75) is 40.5 Å². The van der Waals surface area contributed by atoms with E-state index in [2.05, 4.69) is 0 Å². The Balaban J connectivity index is 1.75. The zero-order chi connectivity index (χ0) is 24.6. The van der Waals surface area contributed by atoms with Crippen LogP contribution in [0.25, 0.3) is 11.1 Å². The molecule has 0 bridgehead atoms. The van der Waals surface area contributed by atoms with Crippen LogP contribution < -0.4 is 0 Å². The van der Waals surface area contributed by atoms with Crippen molar-refractivity contribution in [3.05, 3.63) is 105 Å². The van der Waals surface area contributed by atoms with Gasteiger partial charge in [-0.2, -0.15) is 0 Å². The predicted molar refractivity (Wildman–Crippen MR) is 136 cm³/mol. The van der Waals surface area contributed by atoms with Gasteiger partial charge < -0.3 is 20.4 Å². The largest absolute Gasteiger partial charge is 0.508 e. The first-order valence-corrected chi connectivity index (χ1v) is 11.3. The van der Waals surface area contributed by atoms with Crippen molar-refractivity contribution in [3.63, 3.8) is 0 Å². The van der Waals surface area contributed by atoms with Gasteiger partial charge in [-0.3, -0.25) is 0 Å². The van der Waals surface area contributed by atoms with Crippen LogP contribution in [-0.4, -0.2) is 20.4 Å². The highest BCUT2D eigenvalue weighted by molar-refractivity contribution is 5.78. The zero-order valence-electron chi connectivity index (χ0n) is 20.0. The number of aryl methyl sites for hydroxylation is 4. The minimum Gasteiger partial charge on any atom is -0.508 e. The molecular weight excluding hydrogens is 424 g/mol. The SMILES string of the molecule is Cc1ccc(O)c(Cc2cc(C)cc(Cc3cc(C)cc(-c4cc(C)ccc4O)c3O)c2O)c1. The van der Waals surface area contributed by atoms with Crippen LogP contribution in [0.4, 0.5) is 0 Å². The summed E-state index contributed by atoms with van der Waals surface area (Å²) in [6, 6.07) is 18.3. The summed E-state index contributed by atoms with van der Waals surface area (Å²) in [5, 5.41) is 43.0. The lowest BCUT2D eigenvalue weighted by atomic mass is 9.91. The summed E-state index contributed by atoms with van der Waals surface area (Å²) >= 11 is 0. The van der Waals surface area contributed by atoms with E-state index in [0.29, 0.717) is 35.1 Å². The summed E-state index contributed by atoms with van der Waals surface area (Å²) in [6.45, 7) is 7.82. The summed E-state index contributed by atoms with van der Waals surface area (Å²) in [5.74, 6) is 0.556. The Morgan fingerprint density at radius 2 is 0.882 bits per heavy atom. The van der Waals surface area contributed by atoms with E-state index in [4.69, 9.17) is 0 Å². The molecule has 4 aromatic carbocycles. The third-order valence-electron chi connectivity index (χ3n) is 6.18. The highest BCUT2D eigenvalue weighted by Crippen LogP contribution is 2.40. The summed E-state index contributed by atoms with van der Waals surface area (Å²) in [7, 11) is 0. The van der Waals surface area contributed by atoms with Gasteiger partial charge in [-0.25, -0.2) is 0 Å². The molecule has 0 aliphatic carbocycles. The number of rotatable bonds is 5. The predicted octanol–water partition coefficient (Wildman–Crippen LogP) is 6.59. The van der Waals surface area contributed by atoms with E-state index in [9.17, 15) is 20.4 Å². The second-order valence-electron chi connectivity index (χ2n) is 9.26. The molecule has 4 rings (SSSR count). The van der Waals surface area contributed by atoms with Crippen molar-refractivity contribution in [1.82, 2.24) is 0 Å². The average Bonchev–Trinajstić information content (AvgIpc) is 2.78. The molecule has 0 unspecified atom stereocenters. The first-order valence-electron chi connectivity index (χ1n) is 11.3. The smallest absolute Gasteiger partial charge is 0.127 e. The molecule has 0 aromatic heterocycles. The summed E-state index contributed by atoms with van der Waals surface area (Å²) in [6.07, 6.45) is 0.726. The first kappa shape index (κ1) is 23.2. The van der Waals surface area contributed by atoms with E-state index in [-0.39, 0.29) is 23.0 Å². The molecule has 4 aromatic rings. The van der Waals surface area contributed by atoms with Crippen LogP contribution in [0.5, 0.6) is 23.0 Å². The number of benzene rings is 4. The Bertz CT molecular complexity index is 1390. The second kappa shape index (κ2) is 9.14. The molecular formula is C30H30O4. The molecule has 0 atom stereocenters. The fourth-order valence-electron chi connectivity index (χ4n) is 4.53. The molecule has 0 fully saturated rings. The molecule has 0 heterocycles. The van der Waals surface area contributed by atoms with Crippen molar-refractivity contribution in [3.8, 4) is 34.1 Å². The van der Waals surface area contributed by atoms with Crippen molar-refractivity contribution in [2.75, 3.05) is 0 Å². The maximum Gasteiger partial charge on any atom is 0.127 e. The first-order chi connectivity index (χ1) is 16.1. The van der Waals surface area contributed by atoms with E-state index in [1.54, 1.807) is 12.1 Å². The van der Waals surface area contributed by atoms with E-state index in [1.807, 2.05) is 76.2 Å². The number of hydrogen-bond acceptors (Lipinski definition) is 4. The maximum atomic E-state index is 11.1. The highest BCUT2D eigenvalue weighted by Gasteiger charge is 2.17. The third-order valence-corrected chi connectivity index (χ3v) is 6.18. The van der Waals surface area contributed by atoms with Gasteiger partial charge in [0.1, 0.15) is 23.0 Å². The molecule has 0 amide bonds. The quantitative estimate of drug-likeness (QED) is 0.274. The summed E-state index contributed by atoms with van der Waals surface area (Å²) in [5.41, 5.74) is 7.93. The minimum absolute atomic E-state index is 0.0882. The van der Waals surface area contributed by atoms with Crippen LogP contribution in [0.15, 0.2) is 60.7 Å². The van der Waals surface area contributed by atoms with Gasteiger partial charge in [0.25, 0.3) is 0 Å². The molecule has 0 radical (unpaired) electrons. The fourth-order valence-corrected chi connectivity index (χ4v) is 4.53. The van der Waals surface area contributed by atoms with Crippen LogP contribution in [-0.2, 0) is 12.8 Å². The number of aromatic hydroxyl groups is 4. The third kappa shape index (κ3) is 4.72. The van der Waals surface area contributed by atoms with Crippen molar-refractivity contribution < 1.29 is 20.4 Å². The molecule has 0 aliphatic heterocycles. The summed E-state index contributed by atoms with van der Waals surface area (Å²) in [4.78, 5) is 0. The molecule has 0 saturated carbocycles. The van der Waals surface area contributed by atoms with Gasteiger partial charge in [-0.05, 0) is 79.8 Å². The maximum absolute atomic E-state index is 11.1. The van der Waals surface area contributed by atoms with Crippen LogP contribution in [0, 0.1) is 27.7 Å². The van der Waals surface area contributed by atoms with Gasteiger partial charge in [0.2, 0.25) is 0 Å². The van der Waals surface area contributed by atoms with Gasteiger partial charge in [-0.1, -0.05) is 53.1 Å². The molecule has 0 spiro atoms. The molecule has 4 nitrogen and oxygen atoms in total. The van der Waals surface area contributed by atoms with Gasteiger partial charge in [0, 0.05) is 24.0 Å². The number of phenolic OH excluding ortho intramolecular Hbond substituents is 4. The van der Waals surface area contributed by atoms with E-state index >= 15 is 0 Å². The van der Waals surface area contributed by atoms with E-state index < -0.39 is 0 Å². The lowest BCUT2D eigenvalue weighted by Gasteiger charge is -2.16. The molecule has 4 heteroatoms. The molecule has 0 aliphatic rings. The van der Waals surface area contributed by atoms with Crippen molar-refractivity contribution in [1.29, 1.82) is 0 Å². The van der Waals surface area contributed by atoms with Gasteiger partial charge >= 0.3 is 0 Å². The Kier molecular flexibility index (Phi) is 6.25. The monoisotopic (exact) mass is 454 g/mol. The molecule has 0 saturated heterocycles. The van der Waals surface area contributed by atoms with Gasteiger partial charge in [-0.15, -0.1) is 0 Å². The minimum atomic E-state index is 0.0882. The van der Waals surface area contributed by atoms with Gasteiger partial charge in [0.15, 0.2) is 0 Å². The van der Waals surface area contributed by atoms with Crippen LogP contribution >= 0.6 is 0 Å². The molecule has 4 N–H and O–H groups in total. The Labute approximate surface area is 200 Å². The van der Waals surface area contributed by atoms with E-state index in [1.165, 1.54) is 0 Å². The second-order valence-corrected chi connectivity index (χ2v) is 9.26. The van der Waals surface area contributed by atoms with Crippen LogP contribution in [0.2, 0.25) is 0 Å². The topological polar surface area (TPSA) is 80.9 Å². The normalized spacial score (nSPS) is 11.1. The lowest BCUT2D eigenvalue weighted by molar-refractivity contribution is 0.456. The standard InChI is InChI=1S/C30H30O4/c1-17-5-7-27(31)21(9-17)15-22-10-19(3)11-23(29(22)33)16-24-12-20(4)14-26(30(24)34)25-13-18(2)6-8-28(25)32/h5-14,31-34H,15-16H2,1-4H3. The van der Waals surface area contributed by atoms with Crippen molar-refractivity contribution >= 4 is 0 Å². The fraction of sp³-hybridized carbons (Fsp3) is 0.200. The molecule has 174 valence electrons. The lowest BCUT2D eigenvalue weighted by Crippen LogP contribution is -1.98. The highest BCUT2D eigenvalue weighted by atomic mass is 16.3. The number of phenols is 4. The Morgan fingerprint density at radius 3 is 1.53 bits per heavy atom.